The molecule has 0 saturated heterocycles. The minimum absolute atomic E-state index is 0.264. The Bertz CT molecular complexity index is 85.9. The van der Waals surface area contributed by atoms with Crippen LogP contribution in [-0.4, -0.2) is 18.3 Å². The van der Waals surface area contributed by atoms with Gasteiger partial charge in [0, 0.05) is 0 Å². The molecule has 0 N–H and O–H groups in total. The van der Waals surface area contributed by atoms with Gasteiger partial charge in [-0.25, -0.2) is 4.39 Å². The van der Waals surface area contributed by atoms with E-state index in [4.69, 9.17) is 0 Å². The summed E-state index contributed by atoms with van der Waals surface area (Å²) in [7, 11) is 0. The van der Waals surface area contributed by atoms with Crippen LogP contribution < -0.4 is 0 Å². The van der Waals surface area contributed by atoms with Gasteiger partial charge < -0.3 is 4.74 Å². The molecule has 0 fully saturated rings. The molecule has 9 heavy (non-hydrogen) atoms. The van der Waals surface area contributed by atoms with Crippen LogP contribution in [0.2, 0.25) is 0 Å². The number of ether oxygens (including phenoxy) is 1. The predicted molar refractivity (Wildman–Crippen MR) is 27.3 cm³/mol. The molecule has 0 aromatic rings. The van der Waals surface area contributed by atoms with Crippen LogP contribution in [0, 0.1) is 0 Å². The van der Waals surface area contributed by atoms with Crippen molar-refractivity contribution in [3.8, 4) is 0 Å². The molecular formula is C4H6ClF3O. The van der Waals surface area contributed by atoms with Crippen molar-refractivity contribution in [3.63, 3.8) is 0 Å². The molecule has 0 aliphatic carbocycles. The maximum Gasteiger partial charge on any atom is 0.400 e. The molecular weight excluding hydrogens is 156 g/mol. The van der Waals surface area contributed by atoms with Gasteiger partial charge >= 0.3 is 6.11 Å². The first kappa shape index (κ1) is 9.04. The van der Waals surface area contributed by atoms with E-state index in [9.17, 15) is 13.2 Å². The van der Waals surface area contributed by atoms with E-state index in [1.165, 1.54) is 6.92 Å². The lowest BCUT2D eigenvalue weighted by Crippen LogP contribution is -2.29. The molecule has 0 aromatic carbocycles. The Balaban J connectivity index is 3.70. The first-order valence-corrected chi connectivity index (χ1v) is 2.74. The van der Waals surface area contributed by atoms with E-state index in [2.05, 4.69) is 16.3 Å². The zero-order chi connectivity index (χ0) is 7.49. The quantitative estimate of drug-likeness (QED) is 0.578. The Morgan fingerprint density at radius 2 is 2.11 bits per heavy atom. The fourth-order valence-electron chi connectivity index (χ4n) is 0.255. The molecule has 0 rings (SSSR count). The van der Waals surface area contributed by atoms with Crippen LogP contribution in [0.3, 0.4) is 0 Å². The molecule has 0 aliphatic rings. The normalized spacial score (nSPS) is 15.7. The van der Waals surface area contributed by atoms with Gasteiger partial charge in [0.05, 0.1) is 6.61 Å². The van der Waals surface area contributed by atoms with E-state index >= 15 is 0 Å². The monoisotopic (exact) mass is 162 g/mol. The Kier molecular flexibility index (Phi) is 3.28. The van der Waals surface area contributed by atoms with Crippen molar-refractivity contribution >= 4 is 11.6 Å². The second-order valence-electron chi connectivity index (χ2n) is 1.30. The SMILES string of the molecule is CCOC(F)(F)[C@H](F)Cl. The van der Waals surface area contributed by atoms with Crippen molar-refractivity contribution < 1.29 is 17.9 Å². The third-order valence-corrected chi connectivity index (χ3v) is 0.845. The average Bonchev–Trinajstić information content (AvgIpc) is 1.65. The largest absolute Gasteiger partial charge is 0.400 e. The molecule has 0 amide bonds. The second-order valence-corrected chi connectivity index (χ2v) is 1.68. The van der Waals surface area contributed by atoms with Gasteiger partial charge in [0.25, 0.3) is 5.63 Å². The maximum atomic E-state index is 11.8. The molecule has 1 atom stereocenters. The molecule has 0 aromatic heterocycles. The summed E-state index contributed by atoms with van der Waals surface area (Å²) in [6, 6.07) is 0. The van der Waals surface area contributed by atoms with Crippen molar-refractivity contribution in [2.75, 3.05) is 6.61 Å². The van der Waals surface area contributed by atoms with E-state index < -0.39 is 11.7 Å². The highest BCUT2D eigenvalue weighted by Crippen LogP contribution is 2.25. The third-order valence-electron chi connectivity index (χ3n) is 0.591. The number of alkyl halides is 4. The van der Waals surface area contributed by atoms with Gasteiger partial charge in [-0.15, -0.1) is 0 Å². The van der Waals surface area contributed by atoms with Crippen LogP contribution in [0.25, 0.3) is 0 Å². The van der Waals surface area contributed by atoms with Crippen molar-refractivity contribution in [2.24, 2.45) is 0 Å². The highest BCUT2D eigenvalue weighted by Gasteiger charge is 2.39. The molecule has 0 unspecified atom stereocenters. The molecule has 5 heteroatoms. The molecule has 0 aliphatic heterocycles. The van der Waals surface area contributed by atoms with E-state index in [0.717, 1.165) is 0 Å². The predicted octanol–water partition coefficient (Wildman–Crippen LogP) is 2.15. The first-order chi connectivity index (χ1) is 4.00. The van der Waals surface area contributed by atoms with Gasteiger partial charge in [-0.2, -0.15) is 8.78 Å². The van der Waals surface area contributed by atoms with Crippen molar-refractivity contribution in [1.29, 1.82) is 0 Å². The smallest absolute Gasteiger partial charge is 0.317 e. The molecule has 0 heterocycles. The Morgan fingerprint density at radius 1 is 1.67 bits per heavy atom. The number of hydrogen-bond donors (Lipinski definition) is 0. The van der Waals surface area contributed by atoms with E-state index in [1.807, 2.05) is 0 Å². The van der Waals surface area contributed by atoms with Gasteiger partial charge in [0.2, 0.25) is 0 Å². The van der Waals surface area contributed by atoms with Crippen LogP contribution in [0.1, 0.15) is 6.92 Å². The van der Waals surface area contributed by atoms with E-state index in [-0.39, 0.29) is 6.61 Å². The minimum Gasteiger partial charge on any atom is -0.317 e. The number of rotatable bonds is 3. The first-order valence-electron chi connectivity index (χ1n) is 2.30. The van der Waals surface area contributed by atoms with Crippen LogP contribution in [0.4, 0.5) is 13.2 Å². The van der Waals surface area contributed by atoms with Gasteiger partial charge in [-0.3, -0.25) is 0 Å². The minimum atomic E-state index is -3.85. The molecule has 0 spiro atoms. The molecule has 0 radical (unpaired) electrons. The summed E-state index contributed by atoms with van der Waals surface area (Å²) in [5, 5.41) is 0. The topological polar surface area (TPSA) is 9.23 Å². The van der Waals surface area contributed by atoms with E-state index in [1.54, 1.807) is 0 Å². The van der Waals surface area contributed by atoms with Crippen molar-refractivity contribution in [3.05, 3.63) is 0 Å². The lowest BCUT2D eigenvalue weighted by atomic mass is 10.7. The molecule has 0 saturated carbocycles. The summed E-state index contributed by atoms with van der Waals surface area (Å²) < 4.78 is 38.8. The third kappa shape index (κ3) is 2.91. The summed E-state index contributed by atoms with van der Waals surface area (Å²) in [5.41, 5.74) is -2.77. The Morgan fingerprint density at radius 3 is 2.22 bits per heavy atom. The zero-order valence-electron chi connectivity index (χ0n) is 4.70. The molecule has 56 valence electrons. The molecule has 1 nitrogen and oxygen atoms in total. The summed E-state index contributed by atoms with van der Waals surface area (Å²) in [4.78, 5) is 0. The second kappa shape index (κ2) is 3.27. The maximum absolute atomic E-state index is 11.8. The van der Waals surface area contributed by atoms with Crippen LogP contribution >= 0.6 is 11.6 Å². The standard InChI is InChI=1S/C4H6ClF3O/c1-2-9-4(7,8)3(5)6/h3H,2H2,1H3/t3-/m0/s1. The summed E-state index contributed by atoms with van der Waals surface area (Å²) in [6.07, 6.45) is -3.85. The van der Waals surface area contributed by atoms with Crippen LogP contribution in [0.15, 0.2) is 0 Å². The van der Waals surface area contributed by atoms with Crippen molar-refractivity contribution in [1.82, 2.24) is 0 Å². The Labute approximate surface area is 55.7 Å². The van der Waals surface area contributed by atoms with Gasteiger partial charge in [-0.1, -0.05) is 11.6 Å². The number of halogens is 4. The summed E-state index contributed by atoms with van der Waals surface area (Å²) in [5.74, 6) is 0. The van der Waals surface area contributed by atoms with Gasteiger partial charge in [-0.05, 0) is 6.92 Å². The van der Waals surface area contributed by atoms with Crippen LogP contribution in [0.5, 0.6) is 0 Å². The summed E-state index contributed by atoms with van der Waals surface area (Å²) >= 11 is 4.41. The summed E-state index contributed by atoms with van der Waals surface area (Å²) in [6.45, 7) is 1.06. The lowest BCUT2D eigenvalue weighted by Gasteiger charge is -2.14. The van der Waals surface area contributed by atoms with Gasteiger partial charge in [0.15, 0.2) is 0 Å². The number of hydrogen-bond acceptors (Lipinski definition) is 1. The fraction of sp³-hybridized carbons (Fsp3) is 1.00. The Hall–Kier alpha value is 0.0400. The zero-order valence-corrected chi connectivity index (χ0v) is 5.46. The average molecular weight is 163 g/mol. The highest BCUT2D eigenvalue weighted by atomic mass is 35.5. The fourth-order valence-corrected chi connectivity index (χ4v) is 0.318. The van der Waals surface area contributed by atoms with Crippen LogP contribution in [-0.2, 0) is 4.74 Å². The van der Waals surface area contributed by atoms with E-state index in [0.29, 0.717) is 0 Å². The van der Waals surface area contributed by atoms with Crippen molar-refractivity contribution in [2.45, 2.75) is 18.7 Å². The lowest BCUT2D eigenvalue weighted by molar-refractivity contribution is -0.253. The van der Waals surface area contributed by atoms with Gasteiger partial charge in [0.1, 0.15) is 0 Å². The molecule has 0 bridgehead atoms. The highest BCUT2D eigenvalue weighted by molar-refractivity contribution is 6.20.